The lowest BCUT2D eigenvalue weighted by Gasteiger charge is -2.17. The van der Waals surface area contributed by atoms with Crippen molar-refractivity contribution >= 4 is 43.6 Å². The van der Waals surface area contributed by atoms with Crippen LogP contribution in [0.25, 0.3) is 11.1 Å². The van der Waals surface area contributed by atoms with Crippen LogP contribution < -0.4 is 18.9 Å². The Morgan fingerprint density at radius 1 is 1.00 bits per heavy atom. The molecule has 1 aromatic carbocycles. The van der Waals surface area contributed by atoms with Gasteiger partial charge >= 0.3 is 16.2 Å². The molecule has 2 N–H and O–H groups in total. The van der Waals surface area contributed by atoms with Crippen LogP contribution in [-0.2, 0) is 10.2 Å². The summed E-state index contributed by atoms with van der Waals surface area (Å²) in [6.07, 6.45) is 8.01. The van der Waals surface area contributed by atoms with Gasteiger partial charge in [-0.2, -0.15) is 13.1 Å². The Morgan fingerprint density at radius 2 is 1.68 bits per heavy atom. The molecule has 3 aromatic rings. The van der Waals surface area contributed by atoms with Crippen LogP contribution in [0.2, 0.25) is 5.02 Å². The number of ether oxygens (including phenoxy) is 2. The second-order valence-corrected chi connectivity index (χ2v) is 10.3. The highest BCUT2D eigenvalue weighted by atomic mass is 79.9. The van der Waals surface area contributed by atoms with Gasteiger partial charge in [0.05, 0.1) is 10.0 Å². The summed E-state index contributed by atoms with van der Waals surface area (Å²) >= 11 is 9.30. The normalized spacial score (nSPS) is 14.2. The lowest BCUT2D eigenvalue weighted by atomic mass is 10.1. The van der Waals surface area contributed by atoms with Gasteiger partial charge in [0, 0.05) is 23.5 Å². The van der Waals surface area contributed by atoms with Crippen molar-refractivity contribution in [1.82, 2.24) is 24.7 Å². The largest absolute Gasteiger partial charge is 0.473 e. The second kappa shape index (κ2) is 11.3. The lowest BCUT2D eigenvalue weighted by molar-refractivity contribution is 0.202. The van der Waals surface area contributed by atoms with Gasteiger partial charge < -0.3 is 9.47 Å². The summed E-state index contributed by atoms with van der Waals surface area (Å²) in [5.74, 6) is 0.284. The van der Waals surface area contributed by atoms with E-state index in [0.29, 0.717) is 16.1 Å². The number of anilines is 1. The molecule has 1 fully saturated rings. The molecule has 0 aliphatic heterocycles. The van der Waals surface area contributed by atoms with Crippen molar-refractivity contribution in [3.8, 4) is 23.0 Å². The molecule has 13 heteroatoms. The Hall–Kier alpha value is -2.54. The highest BCUT2D eigenvalue weighted by molar-refractivity contribution is 9.10. The standard InChI is InChI=1S/C21H22BrClN6O4S/c22-15-11-24-21(25-12-15)33-10-9-32-20-18(14-5-7-16(23)8-6-14)19(26-13-27-20)29-34(30,31)28-17-3-1-2-4-17/h5-8,11-13,17,28H,1-4,9-10H2,(H,26,27,29). The molecular weight excluding hydrogens is 548 g/mol. The molecule has 10 nitrogen and oxygen atoms in total. The number of benzene rings is 1. The molecule has 1 saturated carbocycles. The predicted octanol–water partition coefficient (Wildman–Crippen LogP) is 4.00. The number of nitrogens with zero attached hydrogens (tertiary/aromatic N) is 4. The van der Waals surface area contributed by atoms with E-state index in [0.717, 1.165) is 30.2 Å². The summed E-state index contributed by atoms with van der Waals surface area (Å²) in [5, 5.41) is 0.538. The van der Waals surface area contributed by atoms with E-state index in [4.69, 9.17) is 21.1 Å². The number of hydrogen-bond acceptors (Lipinski definition) is 8. The highest BCUT2D eigenvalue weighted by Crippen LogP contribution is 2.35. The van der Waals surface area contributed by atoms with Gasteiger partial charge in [0.2, 0.25) is 5.88 Å². The third-order valence-corrected chi connectivity index (χ3v) is 6.77. The average Bonchev–Trinajstić information content (AvgIpc) is 3.31. The van der Waals surface area contributed by atoms with Crippen LogP contribution in [0.3, 0.4) is 0 Å². The number of nitrogens with one attached hydrogen (secondary N) is 2. The molecule has 180 valence electrons. The number of rotatable bonds is 10. The van der Waals surface area contributed by atoms with Gasteiger partial charge in [0.1, 0.15) is 19.5 Å². The van der Waals surface area contributed by atoms with Gasteiger partial charge in [-0.15, -0.1) is 0 Å². The number of aromatic nitrogens is 4. The molecule has 2 heterocycles. The van der Waals surface area contributed by atoms with Gasteiger partial charge in [-0.3, -0.25) is 4.72 Å². The van der Waals surface area contributed by atoms with Crippen LogP contribution in [0, 0.1) is 0 Å². The van der Waals surface area contributed by atoms with Crippen molar-refractivity contribution in [2.24, 2.45) is 0 Å². The predicted molar refractivity (Wildman–Crippen MR) is 131 cm³/mol. The van der Waals surface area contributed by atoms with Crippen molar-refractivity contribution in [2.75, 3.05) is 17.9 Å². The van der Waals surface area contributed by atoms with Crippen LogP contribution in [0.15, 0.2) is 47.5 Å². The van der Waals surface area contributed by atoms with Crippen LogP contribution in [-0.4, -0.2) is 47.6 Å². The third kappa shape index (κ3) is 6.75. The molecule has 0 amide bonds. The van der Waals surface area contributed by atoms with Crippen molar-refractivity contribution in [1.29, 1.82) is 0 Å². The molecule has 0 saturated heterocycles. The molecule has 0 spiro atoms. The summed E-state index contributed by atoms with van der Waals surface area (Å²) in [6, 6.07) is 6.98. The monoisotopic (exact) mass is 568 g/mol. The summed E-state index contributed by atoms with van der Waals surface area (Å²) in [6.45, 7) is 0.263. The number of hydrogen-bond donors (Lipinski definition) is 2. The Kier molecular flexibility index (Phi) is 8.14. The fraction of sp³-hybridized carbons (Fsp3) is 0.333. The molecule has 1 aliphatic carbocycles. The quantitative estimate of drug-likeness (QED) is 0.351. The second-order valence-electron chi connectivity index (χ2n) is 7.49. The van der Waals surface area contributed by atoms with E-state index in [9.17, 15) is 8.42 Å². The fourth-order valence-electron chi connectivity index (χ4n) is 3.50. The summed E-state index contributed by atoms with van der Waals surface area (Å²) in [7, 11) is -3.86. The van der Waals surface area contributed by atoms with Crippen LogP contribution in [0.5, 0.6) is 11.9 Å². The first-order chi connectivity index (χ1) is 16.4. The highest BCUT2D eigenvalue weighted by Gasteiger charge is 2.24. The van der Waals surface area contributed by atoms with Crippen molar-refractivity contribution in [3.63, 3.8) is 0 Å². The van der Waals surface area contributed by atoms with Crippen LogP contribution in [0.4, 0.5) is 5.82 Å². The first-order valence-corrected chi connectivity index (χ1v) is 13.2. The maximum Gasteiger partial charge on any atom is 0.316 e. The first-order valence-electron chi connectivity index (χ1n) is 10.5. The third-order valence-electron chi connectivity index (χ3n) is 5.00. The Balaban J connectivity index is 1.53. The van der Waals surface area contributed by atoms with Gasteiger partial charge in [-0.25, -0.2) is 19.9 Å². The maximum absolute atomic E-state index is 12.8. The van der Waals surface area contributed by atoms with E-state index in [-0.39, 0.29) is 37.0 Å². The minimum atomic E-state index is -3.86. The summed E-state index contributed by atoms with van der Waals surface area (Å²) < 4.78 is 42.8. The molecule has 0 radical (unpaired) electrons. The first kappa shape index (κ1) is 24.6. The molecule has 1 aliphatic rings. The summed E-state index contributed by atoms with van der Waals surface area (Å²) in [4.78, 5) is 16.5. The van der Waals surface area contributed by atoms with Crippen LogP contribution in [0.1, 0.15) is 25.7 Å². The molecule has 34 heavy (non-hydrogen) atoms. The van der Waals surface area contributed by atoms with E-state index < -0.39 is 10.2 Å². The van der Waals surface area contributed by atoms with Crippen molar-refractivity contribution in [3.05, 3.63) is 52.5 Å². The van der Waals surface area contributed by atoms with E-state index in [1.807, 2.05) is 0 Å². The average molecular weight is 570 g/mol. The van der Waals surface area contributed by atoms with E-state index in [1.54, 1.807) is 36.7 Å². The number of halogens is 2. The summed E-state index contributed by atoms with van der Waals surface area (Å²) in [5.41, 5.74) is 1.02. The molecule has 2 aromatic heterocycles. The van der Waals surface area contributed by atoms with Gasteiger partial charge in [-0.1, -0.05) is 36.6 Å². The van der Waals surface area contributed by atoms with Gasteiger partial charge in [0.15, 0.2) is 5.82 Å². The smallest absolute Gasteiger partial charge is 0.316 e. The van der Waals surface area contributed by atoms with Crippen molar-refractivity contribution < 1.29 is 17.9 Å². The van der Waals surface area contributed by atoms with Gasteiger partial charge in [-0.05, 0) is 46.5 Å². The SMILES string of the molecule is O=S(=O)(Nc1ncnc(OCCOc2ncc(Br)cn2)c1-c1ccc(Cl)cc1)NC1CCCC1. The Morgan fingerprint density at radius 3 is 2.38 bits per heavy atom. The molecule has 0 unspecified atom stereocenters. The fourth-order valence-corrected chi connectivity index (χ4v) is 4.97. The molecule has 0 atom stereocenters. The Bertz CT molecular complexity index is 1210. The van der Waals surface area contributed by atoms with E-state index in [1.165, 1.54) is 6.33 Å². The zero-order valence-corrected chi connectivity index (χ0v) is 21.1. The Labute approximate surface area is 210 Å². The van der Waals surface area contributed by atoms with Crippen molar-refractivity contribution in [2.45, 2.75) is 31.7 Å². The van der Waals surface area contributed by atoms with Crippen LogP contribution >= 0.6 is 27.5 Å². The molecule has 0 bridgehead atoms. The minimum absolute atomic E-state index is 0.0907. The molecule has 4 rings (SSSR count). The lowest BCUT2D eigenvalue weighted by Crippen LogP contribution is -2.37. The maximum atomic E-state index is 12.8. The van der Waals surface area contributed by atoms with Gasteiger partial charge in [0.25, 0.3) is 0 Å². The van der Waals surface area contributed by atoms with E-state index >= 15 is 0 Å². The minimum Gasteiger partial charge on any atom is -0.473 e. The topological polar surface area (TPSA) is 128 Å². The van der Waals surface area contributed by atoms with E-state index in [2.05, 4.69) is 45.3 Å². The molecular formula is C21H22BrClN6O4S. The zero-order valence-electron chi connectivity index (χ0n) is 17.9. The zero-order chi connectivity index (χ0) is 24.0.